The molecule has 1 N–H and O–H groups in total. The molecular weight excluding hydrogens is 373 g/mol. The van der Waals surface area contributed by atoms with Crippen LogP contribution in [0.5, 0.6) is 5.75 Å². The molecular formula is C18H10F5NO3. The topological polar surface area (TPSA) is 51.5 Å². The van der Waals surface area contributed by atoms with Crippen LogP contribution in [0.2, 0.25) is 0 Å². The van der Waals surface area contributed by atoms with Crippen LogP contribution >= 0.6 is 0 Å². The van der Waals surface area contributed by atoms with E-state index in [2.05, 4.69) is 0 Å². The number of carbonyl (C=O) groups excluding carboxylic acids is 1. The molecule has 0 unspecified atom stereocenters. The van der Waals surface area contributed by atoms with E-state index in [9.17, 15) is 26.7 Å². The number of carbonyl (C=O) groups is 1. The molecule has 0 aliphatic carbocycles. The van der Waals surface area contributed by atoms with Crippen molar-refractivity contribution in [2.24, 2.45) is 0 Å². The number of amides is 1. The van der Waals surface area contributed by atoms with Crippen LogP contribution in [0.4, 0.5) is 27.6 Å². The van der Waals surface area contributed by atoms with E-state index >= 15 is 0 Å². The van der Waals surface area contributed by atoms with Crippen molar-refractivity contribution in [3.05, 3.63) is 83.1 Å². The Balaban J connectivity index is 1.69. The van der Waals surface area contributed by atoms with Crippen LogP contribution in [-0.2, 0) is 6.61 Å². The lowest BCUT2D eigenvalue weighted by Gasteiger charge is -2.07. The fraction of sp³-hybridized carbons (Fsp3) is 0.0556. The molecule has 0 aliphatic heterocycles. The standard InChI is InChI=1S/C18H10F5NO3/c19-9-1-3-10(4-2-9)26-8-11-5-6-14(27-11)18(25)24-17-15(22)12(20)7-13(21)16(17)23/h1-7H,8H2,(H,24,25). The Labute approximate surface area is 149 Å². The fourth-order valence-corrected chi connectivity index (χ4v) is 2.12. The van der Waals surface area contributed by atoms with Crippen LogP contribution in [0.25, 0.3) is 0 Å². The molecule has 4 nitrogen and oxygen atoms in total. The normalized spacial score (nSPS) is 10.7. The predicted molar refractivity (Wildman–Crippen MR) is 83.7 cm³/mol. The summed E-state index contributed by atoms with van der Waals surface area (Å²) in [5, 5.41) is 1.72. The number of rotatable bonds is 5. The molecule has 0 atom stereocenters. The summed E-state index contributed by atoms with van der Waals surface area (Å²) in [6, 6.07) is 7.72. The molecule has 0 saturated carbocycles. The van der Waals surface area contributed by atoms with Crippen LogP contribution in [0.1, 0.15) is 16.3 Å². The van der Waals surface area contributed by atoms with E-state index in [1.807, 2.05) is 0 Å². The van der Waals surface area contributed by atoms with Gasteiger partial charge in [-0.3, -0.25) is 4.79 Å². The second-order valence-corrected chi connectivity index (χ2v) is 5.31. The SMILES string of the molecule is O=C(Nc1c(F)c(F)cc(F)c1F)c1ccc(COc2ccc(F)cc2)o1. The van der Waals surface area contributed by atoms with Gasteiger partial charge >= 0.3 is 0 Å². The Morgan fingerprint density at radius 2 is 1.56 bits per heavy atom. The lowest BCUT2D eigenvalue weighted by atomic mass is 10.2. The summed E-state index contributed by atoms with van der Waals surface area (Å²) in [7, 11) is 0. The Kier molecular flexibility index (Phi) is 5.11. The van der Waals surface area contributed by atoms with Gasteiger partial charge in [0.1, 0.15) is 29.6 Å². The zero-order chi connectivity index (χ0) is 19.6. The third kappa shape index (κ3) is 4.08. The number of ether oxygens (including phenoxy) is 1. The van der Waals surface area contributed by atoms with Gasteiger partial charge in [-0.1, -0.05) is 0 Å². The van der Waals surface area contributed by atoms with E-state index in [-0.39, 0.29) is 24.2 Å². The fourth-order valence-electron chi connectivity index (χ4n) is 2.12. The number of nitrogens with one attached hydrogen (secondary N) is 1. The molecule has 0 saturated heterocycles. The number of hydrogen-bond donors (Lipinski definition) is 1. The summed E-state index contributed by atoms with van der Waals surface area (Å²) in [5.74, 6) is -8.19. The first-order valence-corrected chi connectivity index (χ1v) is 7.46. The molecule has 2 aromatic carbocycles. The lowest BCUT2D eigenvalue weighted by molar-refractivity contribution is 0.0991. The van der Waals surface area contributed by atoms with Crippen molar-refractivity contribution in [2.45, 2.75) is 6.61 Å². The molecule has 0 spiro atoms. The molecule has 0 fully saturated rings. The molecule has 27 heavy (non-hydrogen) atoms. The van der Waals surface area contributed by atoms with E-state index in [4.69, 9.17) is 9.15 Å². The zero-order valence-electron chi connectivity index (χ0n) is 13.4. The molecule has 0 bridgehead atoms. The number of furan rings is 1. The van der Waals surface area contributed by atoms with E-state index in [0.717, 1.165) is 0 Å². The van der Waals surface area contributed by atoms with Crippen LogP contribution in [0, 0.1) is 29.1 Å². The maximum absolute atomic E-state index is 13.6. The minimum atomic E-state index is -1.74. The number of anilines is 1. The third-order valence-corrected chi connectivity index (χ3v) is 3.43. The average molecular weight is 383 g/mol. The summed E-state index contributed by atoms with van der Waals surface area (Å²) in [4.78, 5) is 12.0. The largest absolute Gasteiger partial charge is 0.486 e. The predicted octanol–water partition coefficient (Wildman–Crippen LogP) is 4.81. The minimum Gasteiger partial charge on any atom is -0.486 e. The summed E-state index contributed by atoms with van der Waals surface area (Å²) < 4.78 is 76.8. The maximum atomic E-state index is 13.6. The highest BCUT2D eigenvalue weighted by molar-refractivity contribution is 6.02. The summed E-state index contributed by atoms with van der Waals surface area (Å²) >= 11 is 0. The van der Waals surface area contributed by atoms with Crippen LogP contribution < -0.4 is 10.1 Å². The van der Waals surface area contributed by atoms with Crippen LogP contribution in [0.15, 0.2) is 46.9 Å². The Morgan fingerprint density at radius 1 is 0.926 bits per heavy atom. The van der Waals surface area contributed by atoms with Gasteiger partial charge in [-0.2, -0.15) is 0 Å². The quantitative estimate of drug-likeness (QED) is 0.508. The van der Waals surface area contributed by atoms with Crippen LogP contribution in [-0.4, -0.2) is 5.91 Å². The second-order valence-electron chi connectivity index (χ2n) is 5.31. The van der Waals surface area contributed by atoms with Gasteiger partial charge in [0.2, 0.25) is 0 Å². The molecule has 0 aliphatic rings. The lowest BCUT2D eigenvalue weighted by Crippen LogP contribution is -2.15. The highest BCUT2D eigenvalue weighted by Gasteiger charge is 2.22. The molecule has 3 rings (SSSR count). The average Bonchev–Trinajstić information content (AvgIpc) is 3.12. The van der Waals surface area contributed by atoms with Gasteiger partial charge < -0.3 is 14.5 Å². The van der Waals surface area contributed by atoms with Gasteiger partial charge in [-0.25, -0.2) is 22.0 Å². The van der Waals surface area contributed by atoms with E-state index in [0.29, 0.717) is 5.75 Å². The number of halogens is 5. The molecule has 0 radical (unpaired) electrons. The van der Waals surface area contributed by atoms with Gasteiger partial charge in [-0.05, 0) is 36.4 Å². The van der Waals surface area contributed by atoms with Gasteiger partial charge in [0, 0.05) is 6.07 Å². The van der Waals surface area contributed by atoms with Crippen LogP contribution in [0.3, 0.4) is 0 Å². The summed E-state index contributed by atoms with van der Waals surface area (Å²) in [6.45, 7) is -0.115. The molecule has 140 valence electrons. The molecule has 9 heteroatoms. The minimum absolute atomic E-state index is 0.0259. The van der Waals surface area contributed by atoms with Gasteiger partial charge in [-0.15, -0.1) is 0 Å². The first kappa shape index (κ1) is 18.4. The molecule has 1 amide bonds. The smallest absolute Gasteiger partial charge is 0.291 e. The Morgan fingerprint density at radius 3 is 2.19 bits per heavy atom. The Bertz CT molecular complexity index is 959. The number of benzene rings is 2. The van der Waals surface area contributed by atoms with Crippen molar-refractivity contribution in [2.75, 3.05) is 5.32 Å². The Hall–Kier alpha value is -3.36. The second kappa shape index (κ2) is 7.48. The van der Waals surface area contributed by atoms with Crippen molar-refractivity contribution >= 4 is 11.6 Å². The molecule has 1 aromatic heterocycles. The number of hydrogen-bond acceptors (Lipinski definition) is 3. The van der Waals surface area contributed by atoms with Crippen molar-refractivity contribution in [1.82, 2.24) is 0 Å². The van der Waals surface area contributed by atoms with Crippen molar-refractivity contribution < 1.29 is 35.9 Å². The van der Waals surface area contributed by atoms with Crippen molar-refractivity contribution in [3.63, 3.8) is 0 Å². The highest BCUT2D eigenvalue weighted by Crippen LogP contribution is 2.25. The zero-order valence-corrected chi connectivity index (χ0v) is 13.4. The first-order chi connectivity index (χ1) is 12.8. The summed E-state index contributed by atoms with van der Waals surface area (Å²) in [6.07, 6.45) is 0. The highest BCUT2D eigenvalue weighted by atomic mass is 19.2. The third-order valence-electron chi connectivity index (χ3n) is 3.43. The molecule has 3 aromatic rings. The van der Waals surface area contributed by atoms with Crippen molar-refractivity contribution in [1.29, 1.82) is 0 Å². The van der Waals surface area contributed by atoms with Gasteiger partial charge in [0.15, 0.2) is 29.0 Å². The van der Waals surface area contributed by atoms with E-state index in [1.54, 1.807) is 5.32 Å². The van der Waals surface area contributed by atoms with Gasteiger partial charge in [0.05, 0.1) is 0 Å². The van der Waals surface area contributed by atoms with E-state index < -0.39 is 40.7 Å². The van der Waals surface area contributed by atoms with E-state index in [1.165, 1.54) is 36.4 Å². The maximum Gasteiger partial charge on any atom is 0.291 e. The first-order valence-electron chi connectivity index (χ1n) is 7.46. The van der Waals surface area contributed by atoms with Gasteiger partial charge in [0.25, 0.3) is 5.91 Å². The summed E-state index contributed by atoms with van der Waals surface area (Å²) in [5.41, 5.74) is -1.27. The van der Waals surface area contributed by atoms with Crippen molar-refractivity contribution in [3.8, 4) is 5.75 Å². The molecule has 1 heterocycles. The monoisotopic (exact) mass is 383 g/mol.